The number of hydrogen-bond donors (Lipinski definition) is 1. The number of pyridine rings is 1. The number of nitrogens with two attached hydrogens (primary N) is 1. The molecule has 2 saturated heterocycles. The predicted octanol–water partition coefficient (Wildman–Crippen LogP) is 1.58. The van der Waals surface area contributed by atoms with Gasteiger partial charge in [0, 0.05) is 49.8 Å². The van der Waals surface area contributed by atoms with Crippen molar-refractivity contribution in [2.24, 2.45) is 5.14 Å². The average molecular weight is 471 g/mol. The molecule has 2 fully saturated rings. The Bertz CT molecular complexity index is 1230. The van der Waals surface area contributed by atoms with Crippen LogP contribution in [-0.2, 0) is 14.9 Å². The lowest BCUT2D eigenvalue weighted by atomic mass is 10.1. The Labute approximate surface area is 192 Å². The molecule has 0 bridgehead atoms. The van der Waals surface area contributed by atoms with Gasteiger partial charge in [-0.2, -0.15) is 12.7 Å². The Morgan fingerprint density at radius 1 is 1.09 bits per heavy atom. The normalized spacial score (nSPS) is 19.8. The van der Waals surface area contributed by atoms with E-state index in [1.807, 2.05) is 6.07 Å². The average Bonchev–Trinajstić information content (AvgIpc) is 3.37. The van der Waals surface area contributed by atoms with E-state index in [-0.39, 0.29) is 26.3 Å². The van der Waals surface area contributed by atoms with Crippen LogP contribution >= 0.6 is 0 Å². The maximum atomic E-state index is 11.7. The molecule has 10 nitrogen and oxygen atoms in total. The smallest absolute Gasteiger partial charge is 0.277 e. The van der Waals surface area contributed by atoms with E-state index in [4.69, 9.17) is 19.6 Å². The highest BCUT2D eigenvalue weighted by Gasteiger charge is 2.28. The summed E-state index contributed by atoms with van der Waals surface area (Å²) in [5, 5.41) is 5.26. The number of benzene rings is 1. The molecule has 4 heterocycles. The van der Waals surface area contributed by atoms with Crippen LogP contribution in [0.25, 0.3) is 22.3 Å². The van der Waals surface area contributed by atoms with Gasteiger partial charge in [-0.05, 0) is 31.0 Å². The van der Waals surface area contributed by atoms with E-state index in [9.17, 15) is 8.42 Å². The van der Waals surface area contributed by atoms with Gasteiger partial charge in [0.2, 0.25) is 5.88 Å². The van der Waals surface area contributed by atoms with Crippen LogP contribution in [0.2, 0.25) is 0 Å². The van der Waals surface area contributed by atoms with E-state index in [2.05, 4.69) is 39.1 Å². The Morgan fingerprint density at radius 2 is 1.85 bits per heavy atom. The molecule has 0 saturated carbocycles. The fraction of sp³-hybridized carbons (Fsp3) is 0.409. The number of anilines is 1. The van der Waals surface area contributed by atoms with Crippen molar-refractivity contribution in [1.29, 1.82) is 0 Å². The van der Waals surface area contributed by atoms with E-state index >= 15 is 0 Å². The van der Waals surface area contributed by atoms with Crippen LogP contribution in [0.1, 0.15) is 12.8 Å². The van der Waals surface area contributed by atoms with E-state index < -0.39 is 16.3 Å². The fourth-order valence-corrected chi connectivity index (χ4v) is 4.91. The Morgan fingerprint density at radius 3 is 2.61 bits per heavy atom. The van der Waals surface area contributed by atoms with Gasteiger partial charge in [0.25, 0.3) is 10.2 Å². The summed E-state index contributed by atoms with van der Waals surface area (Å²) in [7, 11) is -3.77. The second kappa shape index (κ2) is 9.18. The molecule has 2 aliphatic heterocycles. The van der Waals surface area contributed by atoms with Crippen LogP contribution in [0.4, 0.5) is 5.69 Å². The summed E-state index contributed by atoms with van der Waals surface area (Å²) in [5.41, 5.74) is 4.08. The van der Waals surface area contributed by atoms with Gasteiger partial charge in [0.05, 0.1) is 17.8 Å². The standard InChI is InChI=1S/C22H26N6O4S/c23-33(29,30)28-11-12-31-18(14-28)15-32-22-21-20(24-7-8-25-21)13-19(26-22)16-3-5-17(6-4-16)27-9-1-2-10-27/h3-8,13,18H,1-2,9-12,14-15H2,(H2,23,29,30)/t18-/m0/s1. The number of hydrogen-bond acceptors (Lipinski definition) is 8. The first kappa shape index (κ1) is 22.0. The third-order valence-electron chi connectivity index (χ3n) is 5.93. The van der Waals surface area contributed by atoms with Gasteiger partial charge in [-0.1, -0.05) is 12.1 Å². The van der Waals surface area contributed by atoms with Gasteiger partial charge in [-0.15, -0.1) is 0 Å². The minimum atomic E-state index is -3.77. The van der Waals surface area contributed by atoms with Gasteiger partial charge in [-0.25, -0.2) is 15.1 Å². The Kier molecular flexibility index (Phi) is 6.11. The number of rotatable bonds is 6. The van der Waals surface area contributed by atoms with Crippen molar-refractivity contribution in [2.75, 3.05) is 44.3 Å². The van der Waals surface area contributed by atoms with Gasteiger partial charge >= 0.3 is 0 Å². The molecule has 2 N–H and O–H groups in total. The van der Waals surface area contributed by atoms with Crippen LogP contribution in [0.5, 0.6) is 5.88 Å². The topological polar surface area (TPSA) is 124 Å². The predicted molar refractivity (Wildman–Crippen MR) is 124 cm³/mol. The van der Waals surface area contributed by atoms with Crippen LogP contribution in [0, 0.1) is 0 Å². The summed E-state index contributed by atoms with van der Waals surface area (Å²) >= 11 is 0. The van der Waals surface area contributed by atoms with Crippen molar-refractivity contribution < 1.29 is 17.9 Å². The molecular weight excluding hydrogens is 444 g/mol. The van der Waals surface area contributed by atoms with Crippen molar-refractivity contribution >= 4 is 26.9 Å². The lowest BCUT2D eigenvalue weighted by molar-refractivity contribution is -0.0254. The second-order valence-electron chi connectivity index (χ2n) is 8.18. The largest absolute Gasteiger partial charge is 0.473 e. The summed E-state index contributed by atoms with van der Waals surface area (Å²) in [4.78, 5) is 15.9. The molecule has 1 aromatic carbocycles. The van der Waals surface area contributed by atoms with E-state index in [1.165, 1.54) is 22.8 Å². The molecule has 3 aromatic rings. The number of ether oxygens (including phenoxy) is 2. The van der Waals surface area contributed by atoms with E-state index in [0.29, 0.717) is 16.9 Å². The van der Waals surface area contributed by atoms with Crippen LogP contribution in [-0.4, -0.2) is 73.2 Å². The van der Waals surface area contributed by atoms with Gasteiger partial charge in [-0.3, -0.25) is 4.98 Å². The summed E-state index contributed by atoms with van der Waals surface area (Å²) in [6.45, 7) is 2.90. The quantitative estimate of drug-likeness (QED) is 0.576. The molecule has 0 aliphatic carbocycles. The molecule has 0 spiro atoms. The fourth-order valence-electron chi connectivity index (χ4n) is 4.21. The van der Waals surface area contributed by atoms with Gasteiger partial charge in [0.1, 0.15) is 12.7 Å². The number of morpholine rings is 1. The summed E-state index contributed by atoms with van der Waals surface area (Å²) in [5.74, 6) is 0.329. The molecule has 5 rings (SSSR count). The first-order valence-corrected chi connectivity index (χ1v) is 12.5. The Hall–Kier alpha value is -2.86. The minimum absolute atomic E-state index is 0.113. The molecule has 0 unspecified atom stereocenters. The molecule has 33 heavy (non-hydrogen) atoms. The SMILES string of the molecule is NS(=O)(=O)N1CCO[C@H](COc2nc(-c3ccc(N4CCCC4)cc3)cc3nccnc23)C1. The van der Waals surface area contributed by atoms with Crippen molar-refractivity contribution in [3.63, 3.8) is 0 Å². The van der Waals surface area contributed by atoms with Crippen molar-refractivity contribution in [3.8, 4) is 17.1 Å². The molecule has 2 aliphatic rings. The third-order valence-corrected chi connectivity index (χ3v) is 6.98. The highest BCUT2D eigenvalue weighted by atomic mass is 32.2. The van der Waals surface area contributed by atoms with E-state index in [0.717, 1.165) is 24.3 Å². The third kappa shape index (κ3) is 4.91. The van der Waals surface area contributed by atoms with Crippen molar-refractivity contribution in [1.82, 2.24) is 19.3 Å². The van der Waals surface area contributed by atoms with Gasteiger partial charge in [0.15, 0.2) is 5.52 Å². The van der Waals surface area contributed by atoms with Crippen LogP contribution in [0.3, 0.4) is 0 Å². The highest BCUT2D eigenvalue weighted by molar-refractivity contribution is 7.86. The van der Waals surface area contributed by atoms with Crippen LogP contribution in [0.15, 0.2) is 42.7 Å². The molecule has 1 atom stereocenters. The number of nitrogens with zero attached hydrogens (tertiary/aromatic N) is 5. The zero-order chi connectivity index (χ0) is 22.8. The van der Waals surface area contributed by atoms with Crippen molar-refractivity contribution in [2.45, 2.75) is 18.9 Å². The molecule has 0 radical (unpaired) electrons. The highest BCUT2D eigenvalue weighted by Crippen LogP contribution is 2.29. The molecular formula is C22H26N6O4S. The summed E-state index contributed by atoms with van der Waals surface area (Å²) in [6.07, 6.45) is 5.20. The minimum Gasteiger partial charge on any atom is -0.473 e. The zero-order valence-electron chi connectivity index (χ0n) is 18.1. The zero-order valence-corrected chi connectivity index (χ0v) is 18.9. The maximum absolute atomic E-state index is 11.7. The molecule has 11 heteroatoms. The Balaban J connectivity index is 1.38. The maximum Gasteiger partial charge on any atom is 0.277 e. The first-order chi connectivity index (χ1) is 16.0. The van der Waals surface area contributed by atoms with Crippen molar-refractivity contribution in [3.05, 3.63) is 42.7 Å². The summed E-state index contributed by atoms with van der Waals surface area (Å²) in [6, 6.07) is 10.2. The monoisotopic (exact) mass is 470 g/mol. The summed E-state index contributed by atoms with van der Waals surface area (Å²) < 4.78 is 36.2. The van der Waals surface area contributed by atoms with Gasteiger partial charge < -0.3 is 14.4 Å². The first-order valence-electron chi connectivity index (χ1n) is 11.0. The second-order valence-corrected chi connectivity index (χ2v) is 9.73. The van der Waals surface area contributed by atoms with E-state index in [1.54, 1.807) is 12.4 Å². The molecule has 174 valence electrons. The lowest BCUT2D eigenvalue weighted by Gasteiger charge is -2.30. The molecule has 2 aromatic heterocycles. The number of fused-ring (bicyclic) bond motifs is 1. The lowest BCUT2D eigenvalue weighted by Crippen LogP contribution is -2.49. The number of aromatic nitrogens is 3. The molecule has 0 amide bonds. The van der Waals surface area contributed by atoms with Crippen LogP contribution < -0.4 is 14.8 Å².